The number of phosphoric ester groups is 1. The lowest BCUT2D eigenvalue weighted by molar-refractivity contribution is 0.117. The van der Waals surface area contributed by atoms with E-state index in [0.29, 0.717) is 10.8 Å². The number of furan rings is 1. The Morgan fingerprint density at radius 2 is 2.00 bits per heavy atom. The van der Waals surface area contributed by atoms with Crippen LogP contribution in [0.3, 0.4) is 0 Å². The van der Waals surface area contributed by atoms with Crippen LogP contribution in [-0.4, -0.2) is 9.55 Å². The number of H-pyrrole nitrogens is 1. The second kappa shape index (κ2) is 6.86. The van der Waals surface area contributed by atoms with Gasteiger partial charge in [0.25, 0.3) is 5.56 Å². The summed E-state index contributed by atoms with van der Waals surface area (Å²) in [7, 11) is -4.08. The number of benzene rings is 1. The molecule has 3 aromatic rings. The summed E-state index contributed by atoms with van der Waals surface area (Å²) in [4.78, 5) is 24.7. The van der Waals surface area contributed by atoms with E-state index in [1.54, 1.807) is 11.1 Å². The maximum Gasteiger partial charge on any atom is 0.530 e. The lowest BCUT2D eigenvalue weighted by Gasteiger charge is -2.21. The van der Waals surface area contributed by atoms with Crippen molar-refractivity contribution in [2.75, 3.05) is 0 Å². The van der Waals surface area contributed by atoms with Crippen molar-refractivity contribution in [3.63, 3.8) is 0 Å². The number of fused-ring (bicyclic) bond motifs is 1. The Kier molecular flexibility index (Phi) is 4.50. The molecular formula is C16H11F2N2O7P. The molecule has 1 aliphatic heterocycles. The first-order valence-electron chi connectivity index (χ1n) is 7.81. The smallest absolute Gasteiger partial charge is 0.438 e. The lowest BCUT2D eigenvalue weighted by atomic mass is 10.2. The highest BCUT2D eigenvalue weighted by Gasteiger charge is 2.37. The molecule has 146 valence electrons. The Morgan fingerprint density at radius 3 is 2.79 bits per heavy atom. The van der Waals surface area contributed by atoms with Crippen LogP contribution in [0.5, 0.6) is 5.75 Å². The van der Waals surface area contributed by atoms with Crippen molar-refractivity contribution in [1.82, 2.24) is 9.55 Å². The molecule has 1 atom stereocenters. The molecule has 1 N–H and O–H groups in total. The normalized spacial score (nSPS) is 18.5. The lowest BCUT2D eigenvalue weighted by Crippen LogP contribution is -2.30. The van der Waals surface area contributed by atoms with Gasteiger partial charge in [0, 0.05) is 11.6 Å². The molecule has 28 heavy (non-hydrogen) atoms. The van der Waals surface area contributed by atoms with Crippen molar-refractivity contribution in [3.8, 4) is 11.6 Å². The molecular weight excluding hydrogens is 401 g/mol. The van der Waals surface area contributed by atoms with Crippen molar-refractivity contribution in [3.05, 3.63) is 80.3 Å². The summed E-state index contributed by atoms with van der Waals surface area (Å²) in [6, 6.07) is 6.91. The summed E-state index contributed by atoms with van der Waals surface area (Å²) in [6.07, 6.45) is 0.639. The summed E-state index contributed by atoms with van der Waals surface area (Å²) >= 11 is 0. The number of nitrogens with zero attached hydrogens (tertiary/aromatic N) is 1. The minimum atomic E-state index is -4.08. The molecule has 0 radical (unpaired) electrons. The van der Waals surface area contributed by atoms with E-state index in [-0.39, 0.29) is 36.2 Å². The maximum atomic E-state index is 13.6. The first-order valence-corrected chi connectivity index (χ1v) is 9.27. The molecule has 9 nitrogen and oxygen atoms in total. The molecule has 0 amide bonds. The molecule has 0 unspecified atom stereocenters. The Hall–Kier alpha value is -3.01. The van der Waals surface area contributed by atoms with Gasteiger partial charge in [-0.05, 0) is 6.07 Å². The zero-order valence-electron chi connectivity index (χ0n) is 13.9. The summed E-state index contributed by atoms with van der Waals surface area (Å²) in [5, 5.41) is 0. The van der Waals surface area contributed by atoms with E-state index in [9.17, 15) is 22.9 Å². The fourth-order valence-corrected chi connectivity index (χ4v) is 3.57. The number of hydrogen-bond acceptors (Lipinski definition) is 7. The molecule has 0 saturated carbocycles. The van der Waals surface area contributed by atoms with Gasteiger partial charge in [0.05, 0.1) is 12.8 Å². The van der Waals surface area contributed by atoms with Gasteiger partial charge in [0.15, 0.2) is 11.5 Å². The van der Waals surface area contributed by atoms with Crippen LogP contribution >= 0.6 is 7.82 Å². The molecule has 4 rings (SSSR count). The van der Waals surface area contributed by atoms with Crippen LogP contribution in [0.25, 0.3) is 5.88 Å². The highest BCUT2D eigenvalue weighted by atomic mass is 31.2. The molecule has 0 saturated heterocycles. The van der Waals surface area contributed by atoms with Gasteiger partial charge in [-0.25, -0.2) is 18.3 Å². The Balaban J connectivity index is 1.57. The summed E-state index contributed by atoms with van der Waals surface area (Å²) in [5.41, 5.74) is -1.97. The predicted octanol–water partition coefficient (Wildman–Crippen LogP) is 2.63. The van der Waals surface area contributed by atoms with Gasteiger partial charge in [-0.1, -0.05) is 18.2 Å². The van der Waals surface area contributed by atoms with Crippen molar-refractivity contribution >= 4 is 7.82 Å². The average molecular weight is 412 g/mol. The zero-order valence-corrected chi connectivity index (χ0v) is 14.8. The van der Waals surface area contributed by atoms with Crippen LogP contribution in [0.1, 0.15) is 11.3 Å². The van der Waals surface area contributed by atoms with Gasteiger partial charge in [-0.3, -0.25) is 18.8 Å². The summed E-state index contributed by atoms with van der Waals surface area (Å²) in [6.45, 7) is -0.695. The number of aromatic amines is 1. The van der Waals surface area contributed by atoms with Gasteiger partial charge in [-0.15, -0.1) is 0 Å². The highest BCUT2D eigenvalue weighted by Crippen LogP contribution is 2.55. The van der Waals surface area contributed by atoms with Crippen LogP contribution < -0.4 is 15.8 Å². The monoisotopic (exact) mass is 412 g/mol. The van der Waals surface area contributed by atoms with E-state index < -0.39 is 30.7 Å². The zero-order chi connectivity index (χ0) is 19.9. The predicted molar refractivity (Wildman–Crippen MR) is 89.1 cm³/mol. The molecule has 0 spiro atoms. The Labute approximate surface area is 154 Å². The molecule has 0 fully saturated rings. The number of aromatic nitrogens is 2. The topological polar surface area (TPSA) is 113 Å². The molecule has 2 aromatic heterocycles. The number of hydrogen-bond donors (Lipinski definition) is 1. The van der Waals surface area contributed by atoms with E-state index in [2.05, 4.69) is 0 Å². The number of halogens is 2. The van der Waals surface area contributed by atoms with Gasteiger partial charge >= 0.3 is 13.5 Å². The van der Waals surface area contributed by atoms with Gasteiger partial charge in [0.2, 0.25) is 11.7 Å². The molecule has 3 heterocycles. The third kappa shape index (κ3) is 3.42. The third-order valence-corrected chi connectivity index (χ3v) is 5.10. The first kappa shape index (κ1) is 18.4. The van der Waals surface area contributed by atoms with E-state index in [4.69, 9.17) is 18.0 Å². The molecule has 1 aromatic carbocycles. The average Bonchev–Trinajstić information content (AvgIpc) is 3.06. The van der Waals surface area contributed by atoms with Crippen LogP contribution in [0.15, 0.2) is 50.5 Å². The number of nitrogens with one attached hydrogen (secondary N) is 1. The van der Waals surface area contributed by atoms with Crippen LogP contribution in [0.2, 0.25) is 0 Å². The molecule has 12 heteroatoms. The number of phosphoric acid groups is 1. The van der Waals surface area contributed by atoms with Gasteiger partial charge in [-0.2, -0.15) is 4.39 Å². The quantitative estimate of drug-likeness (QED) is 0.656. The van der Waals surface area contributed by atoms with Gasteiger partial charge < -0.3 is 8.94 Å². The standard InChI is InChI=1S/C16H11F2N2O7P/c17-10-4-2-1-3-9(10)7-24-28(23)25-8-13-12(27-28)5-14(26-13)20-6-11(18)15(21)19-16(20)22/h1-6H,7-8H2,(H,19,21,22)/t28-/m1/s1. The Bertz CT molecular complexity index is 1220. The van der Waals surface area contributed by atoms with Crippen molar-refractivity contribution in [2.24, 2.45) is 0 Å². The largest absolute Gasteiger partial charge is 0.530 e. The van der Waals surface area contributed by atoms with Crippen LogP contribution in [0, 0.1) is 11.6 Å². The third-order valence-electron chi connectivity index (χ3n) is 3.79. The van der Waals surface area contributed by atoms with Crippen molar-refractivity contribution in [2.45, 2.75) is 13.2 Å². The molecule has 0 bridgehead atoms. The van der Waals surface area contributed by atoms with Crippen LogP contribution in [-0.2, 0) is 26.8 Å². The first-order chi connectivity index (χ1) is 13.3. The minimum absolute atomic E-state index is 0.0587. The maximum absolute atomic E-state index is 13.6. The fourth-order valence-electron chi connectivity index (χ4n) is 2.42. The summed E-state index contributed by atoms with van der Waals surface area (Å²) < 4.78 is 61.1. The van der Waals surface area contributed by atoms with Crippen molar-refractivity contribution in [1.29, 1.82) is 0 Å². The number of rotatable bonds is 4. The van der Waals surface area contributed by atoms with E-state index in [1.807, 2.05) is 0 Å². The van der Waals surface area contributed by atoms with E-state index in [0.717, 1.165) is 6.07 Å². The fraction of sp³-hybridized carbons (Fsp3) is 0.125. The highest BCUT2D eigenvalue weighted by molar-refractivity contribution is 7.49. The van der Waals surface area contributed by atoms with Crippen molar-refractivity contribution < 1.29 is 31.3 Å². The van der Waals surface area contributed by atoms with Gasteiger partial charge in [0.1, 0.15) is 12.4 Å². The van der Waals surface area contributed by atoms with Crippen LogP contribution in [0.4, 0.5) is 8.78 Å². The molecule has 1 aliphatic rings. The summed E-state index contributed by atoms with van der Waals surface area (Å²) in [5.74, 6) is -1.94. The molecule has 0 aliphatic carbocycles. The second-order valence-electron chi connectivity index (χ2n) is 5.66. The van der Waals surface area contributed by atoms with E-state index in [1.165, 1.54) is 18.2 Å². The second-order valence-corrected chi connectivity index (χ2v) is 7.25. The minimum Gasteiger partial charge on any atom is -0.438 e. The van der Waals surface area contributed by atoms with E-state index >= 15 is 0 Å². The Morgan fingerprint density at radius 1 is 1.21 bits per heavy atom. The SMILES string of the molecule is O=c1[nH]c(=O)n(-c2cc3c(o2)CO[P@@](=O)(OCc2ccccc2F)O3)cc1F.